The summed E-state index contributed by atoms with van der Waals surface area (Å²) in [6.45, 7) is 2.00. The summed E-state index contributed by atoms with van der Waals surface area (Å²) >= 11 is 0. The molecular formula is C22H17FN6O. The average Bonchev–Trinajstić information content (AvgIpc) is 3.42. The molecule has 0 radical (unpaired) electrons. The molecule has 1 aliphatic rings. The number of nitrogens with one attached hydrogen (secondary N) is 2. The first-order valence-corrected chi connectivity index (χ1v) is 9.33. The zero-order valence-electron chi connectivity index (χ0n) is 16.0. The summed E-state index contributed by atoms with van der Waals surface area (Å²) in [5, 5.41) is 5.73. The lowest BCUT2D eigenvalue weighted by atomic mass is 10.1. The molecule has 2 aromatic carbocycles. The van der Waals surface area contributed by atoms with Crippen molar-refractivity contribution >= 4 is 17.1 Å². The Bertz CT molecular complexity index is 1240. The second-order valence-corrected chi connectivity index (χ2v) is 6.78. The van der Waals surface area contributed by atoms with Crippen LogP contribution in [0.1, 0.15) is 17.0 Å². The maximum atomic E-state index is 14.5. The molecule has 5 rings (SSSR count). The van der Waals surface area contributed by atoms with Crippen molar-refractivity contribution in [1.82, 2.24) is 26.1 Å². The quantitative estimate of drug-likeness (QED) is 0.537. The number of para-hydroxylation sites is 1. The highest BCUT2D eigenvalue weighted by molar-refractivity contribution is 5.96. The molecule has 0 spiro atoms. The van der Waals surface area contributed by atoms with Crippen LogP contribution >= 0.6 is 0 Å². The van der Waals surface area contributed by atoms with E-state index in [-0.39, 0.29) is 11.7 Å². The topological polar surface area (TPSA) is 79.1 Å². The number of pyridine rings is 1. The van der Waals surface area contributed by atoms with E-state index in [1.165, 1.54) is 6.07 Å². The second kappa shape index (κ2) is 7.41. The van der Waals surface area contributed by atoms with Crippen molar-refractivity contribution in [2.45, 2.75) is 6.92 Å². The molecule has 0 atom stereocenters. The van der Waals surface area contributed by atoms with Crippen LogP contribution in [0.4, 0.5) is 10.1 Å². The fraction of sp³-hybridized carbons (Fsp3) is 0.0455. The molecule has 0 saturated carbocycles. The van der Waals surface area contributed by atoms with Gasteiger partial charge in [-0.2, -0.15) is 4.98 Å². The predicted octanol–water partition coefficient (Wildman–Crippen LogP) is 3.93. The predicted molar refractivity (Wildman–Crippen MR) is 111 cm³/mol. The fourth-order valence-electron chi connectivity index (χ4n) is 3.32. The highest BCUT2D eigenvalue weighted by Crippen LogP contribution is 2.34. The molecule has 3 heterocycles. The Morgan fingerprint density at radius 1 is 0.967 bits per heavy atom. The molecule has 4 aromatic rings. The van der Waals surface area contributed by atoms with Crippen LogP contribution in [0.3, 0.4) is 0 Å². The van der Waals surface area contributed by atoms with Gasteiger partial charge in [0.2, 0.25) is 5.82 Å². The molecule has 2 N–H and O–H groups in total. The van der Waals surface area contributed by atoms with Gasteiger partial charge in [-0.1, -0.05) is 41.1 Å². The van der Waals surface area contributed by atoms with Gasteiger partial charge in [0.25, 0.3) is 5.89 Å². The van der Waals surface area contributed by atoms with E-state index in [0.29, 0.717) is 22.9 Å². The van der Waals surface area contributed by atoms with E-state index in [1.54, 1.807) is 35.6 Å². The van der Waals surface area contributed by atoms with E-state index in [0.717, 1.165) is 16.7 Å². The molecule has 0 aliphatic carbocycles. The number of hydrogen-bond acceptors (Lipinski definition) is 7. The van der Waals surface area contributed by atoms with Crippen molar-refractivity contribution < 1.29 is 8.91 Å². The molecule has 30 heavy (non-hydrogen) atoms. The molecule has 148 valence electrons. The lowest BCUT2D eigenvalue weighted by Gasteiger charge is -2.21. The SMILES string of the molecule is Cc1cccc(-c2noc(C3=C(c4ccncc4)N(c4ccccc4F)NN3)n2)c1. The molecule has 0 amide bonds. The maximum Gasteiger partial charge on any atom is 0.277 e. The van der Waals surface area contributed by atoms with Crippen molar-refractivity contribution in [1.29, 1.82) is 0 Å². The van der Waals surface area contributed by atoms with E-state index >= 15 is 0 Å². The lowest BCUT2D eigenvalue weighted by Crippen LogP contribution is -2.38. The monoisotopic (exact) mass is 400 g/mol. The van der Waals surface area contributed by atoms with Gasteiger partial charge >= 0.3 is 0 Å². The summed E-state index contributed by atoms with van der Waals surface area (Å²) in [5.74, 6) is 0.386. The van der Waals surface area contributed by atoms with Crippen LogP contribution in [-0.2, 0) is 0 Å². The van der Waals surface area contributed by atoms with Gasteiger partial charge in [-0.05, 0) is 37.3 Å². The molecule has 0 bridgehead atoms. The number of aromatic nitrogens is 3. The van der Waals surface area contributed by atoms with Crippen molar-refractivity contribution in [3.63, 3.8) is 0 Å². The van der Waals surface area contributed by atoms with E-state index in [1.807, 2.05) is 43.3 Å². The summed E-state index contributed by atoms with van der Waals surface area (Å²) in [6.07, 6.45) is 3.34. The van der Waals surface area contributed by atoms with Crippen LogP contribution in [0.25, 0.3) is 22.8 Å². The fourth-order valence-corrected chi connectivity index (χ4v) is 3.32. The van der Waals surface area contributed by atoms with Gasteiger partial charge in [-0.15, -0.1) is 5.53 Å². The third-order valence-corrected chi connectivity index (χ3v) is 4.72. The number of benzene rings is 2. The first kappa shape index (κ1) is 18.0. The van der Waals surface area contributed by atoms with Crippen LogP contribution < -0.4 is 16.0 Å². The number of anilines is 1. The minimum Gasteiger partial charge on any atom is -0.332 e. The summed E-state index contributed by atoms with van der Waals surface area (Å²) in [7, 11) is 0. The molecule has 7 nitrogen and oxygen atoms in total. The zero-order chi connectivity index (χ0) is 20.5. The highest BCUT2D eigenvalue weighted by atomic mass is 19.1. The Kier molecular flexibility index (Phi) is 4.45. The molecule has 0 fully saturated rings. The van der Waals surface area contributed by atoms with E-state index in [9.17, 15) is 4.39 Å². The Morgan fingerprint density at radius 3 is 2.60 bits per heavy atom. The third-order valence-electron chi connectivity index (χ3n) is 4.72. The smallest absolute Gasteiger partial charge is 0.277 e. The first-order chi connectivity index (χ1) is 14.7. The first-order valence-electron chi connectivity index (χ1n) is 9.33. The highest BCUT2D eigenvalue weighted by Gasteiger charge is 2.30. The minimum absolute atomic E-state index is 0.282. The number of aryl methyl sites for hydroxylation is 1. The lowest BCUT2D eigenvalue weighted by molar-refractivity contribution is 0.405. The van der Waals surface area contributed by atoms with Crippen LogP contribution in [0.5, 0.6) is 0 Å². The number of rotatable bonds is 4. The molecule has 0 saturated heterocycles. The number of hydrazine groups is 2. The maximum absolute atomic E-state index is 14.5. The van der Waals surface area contributed by atoms with Gasteiger partial charge in [-0.3, -0.25) is 15.4 Å². The standard InChI is InChI=1S/C22H17FN6O/c1-14-5-4-6-16(13-14)21-25-22(30-27-21)19-20(15-9-11-24-12-10-15)29(28-26-19)18-8-3-2-7-17(18)23/h2-13,26,28H,1H3. The van der Waals surface area contributed by atoms with Crippen LogP contribution in [0, 0.1) is 12.7 Å². The molecule has 8 heteroatoms. The number of hydrogen-bond donors (Lipinski definition) is 2. The van der Waals surface area contributed by atoms with Crippen molar-refractivity contribution in [3.8, 4) is 11.4 Å². The van der Waals surface area contributed by atoms with E-state index < -0.39 is 0 Å². The van der Waals surface area contributed by atoms with Crippen molar-refractivity contribution in [3.05, 3.63) is 95.9 Å². The zero-order valence-corrected chi connectivity index (χ0v) is 16.0. The van der Waals surface area contributed by atoms with E-state index in [4.69, 9.17) is 4.52 Å². The van der Waals surface area contributed by atoms with Gasteiger partial charge in [-0.25, -0.2) is 4.39 Å². The summed E-state index contributed by atoms with van der Waals surface area (Å²) in [5.41, 5.74) is 10.3. The molecule has 0 unspecified atom stereocenters. The summed E-state index contributed by atoms with van der Waals surface area (Å²) < 4.78 is 20.1. The van der Waals surface area contributed by atoms with E-state index in [2.05, 4.69) is 26.1 Å². The van der Waals surface area contributed by atoms with Gasteiger partial charge < -0.3 is 4.52 Å². The second-order valence-electron chi connectivity index (χ2n) is 6.78. The minimum atomic E-state index is -0.370. The van der Waals surface area contributed by atoms with Gasteiger partial charge in [0.15, 0.2) is 0 Å². The summed E-state index contributed by atoms with van der Waals surface area (Å²) in [6, 6.07) is 18.0. The van der Waals surface area contributed by atoms with Crippen LogP contribution in [0.15, 0.2) is 77.6 Å². The van der Waals surface area contributed by atoms with Gasteiger partial charge in [0.1, 0.15) is 11.5 Å². The average molecular weight is 400 g/mol. The molecule has 1 aliphatic heterocycles. The number of halogens is 1. The third kappa shape index (κ3) is 3.19. The van der Waals surface area contributed by atoms with Crippen molar-refractivity contribution in [2.24, 2.45) is 0 Å². The molecule has 2 aromatic heterocycles. The van der Waals surface area contributed by atoms with Gasteiger partial charge in [0, 0.05) is 23.5 Å². The normalized spacial score (nSPS) is 13.6. The Hall–Kier alpha value is -4.04. The Morgan fingerprint density at radius 2 is 1.80 bits per heavy atom. The molecular weight excluding hydrogens is 383 g/mol. The number of nitrogens with zero attached hydrogens (tertiary/aromatic N) is 4. The Balaban J connectivity index is 1.63. The van der Waals surface area contributed by atoms with Crippen LogP contribution in [0.2, 0.25) is 0 Å². The van der Waals surface area contributed by atoms with Crippen LogP contribution in [-0.4, -0.2) is 15.1 Å². The van der Waals surface area contributed by atoms with Gasteiger partial charge in [0.05, 0.1) is 11.4 Å². The summed E-state index contributed by atoms with van der Waals surface area (Å²) in [4.78, 5) is 8.63. The Labute approximate surface area is 171 Å². The van der Waals surface area contributed by atoms with Crippen molar-refractivity contribution in [2.75, 3.05) is 5.01 Å². The largest absolute Gasteiger partial charge is 0.332 e.